The molecule has 0 aliphatic carbocycles. The fourth-order valence-corrected chi connectivity index (χ4v) is 3.83. The number of H-pyrrole nitrogens is 1. The summed E-state index contributed by atoms with van der Waals surface area (Å²) in [5, 5.41) is 0.367. The Morgan fingerprint density at radius 1 is 1.44 bits per heavy atom. The highest BCUT2D eigenvalue weighted by molar-refractivity contribution is 7.99. The Hall–Kier alpha value is -1.05. The van der Waals surface area contributed by atoms with Gasteiger partial charge in [-0.1, -0.05) is 0 Å². The molecule has 1 saturated heterocycles. The minimum Gasteiger partial charge on any atom is -0.341 e. The molecular formula is C11H12N2O3S2. The van der Waals surface area contributed by atoms with Crippen LogP contribution in [0.25, 0.3) is 11.0 Å². The molecule has 2 heterocycles. The first-order valence-electron chi connectivity index (χ1n) is 5.63. The number of nitrogens with one attached hydrogen (secondary N) is 1. The van der Waals surface area contributed by atoms with Crippen molar-refractivity contribution in [2.75, 3.05) is 5.75 Å². The number of aromatic nitrogens is 2. The van der Waals surface area contributed by atoms with Crippen molar-refractivity contribution in [1.82, 2.24) is 9.97 Å². The van der Waals surface area contributed by atoms with Crippen LogP contribution in [0.2, 0.25) is 0 Å². The molecular weight excluding hydrogens is 272 g/mol. The lowest BCUT2D eigenvalue weighted by atomic mass is 10.2. The number of rotatable bonds is 2. The maximum Gasteiger partial charge on any atom is 0.294 e. The third kappa shape index (κ3) is 2.13. The van der Waals surface area contributed by atoms with Crippen LogP contribution in [-0.4, -0.2) is 28.7 Å². The second-order valence-corrected chi connectivity index (χ2v) is 7.01. The first-order chi connectivity index (χ1) is 8.54. The van der Waals surface area contributed by atoms with Gasteiger partial charge in [0.05, 0.1) is 21.2 Å². The zero-order chi connectivity index (χ0) is 12.8. The number of benzene rings is 1. The van der Waals surface area contributed by atoms with Gasteiger partial charge in [0.2, 0.25) is 0 Å². The minimum absolute atomic E-state index is 0.118. The molecule has 18 heavy (non-hydrogen) atoms. The van der Waals surface area contributed by atoms with Crippen LogP contribution in [0.15, 0.2) is 23.1 Å². The van der Waals surface area contributed by atoms with Crippen LogP contribution < -0.4 is 0 Å². The molecule has 0 saturated carbocycles. The van der Waals surface area contributed by atoms with E-state index in [1.54, 1.807) is 6.07 Å². The fourth-order valence-electron chi connectivity index (χ4n) is 2.11. The molecule has 0 spiro atoms. The van der Waals surface area contributed by atoms with E-state index in [9.17, 15) is 8.42 Å². The van der Waals surface area contributed by atoms with Gasteiger partial charge in [0.15, 0.2) is 0 Å². The third-order valence-electron chi connectivity index (χ3n) is 3.01. The van der Waals surface area contributed by atoms with E-state index in [0.717, 1.165) is 23.5 Å². The predicted molar refractivity (Wildman–Crippen MR) is 70.3 cm³/mol. The van der Waals surface area contributed by atoms with E-state index in [1.165, 1.54) is 18.6 Å². The smallest absolute Gasteiger partial charge is 0.294 e. The van der Waals surface area contributed by atoms with Crippen molar-refractivity contribution < 1.29 is 13.0 Å². The van der Waals surface area contributed by atoms with Crippen molar-refractivity contribution in [2.45, 2.75) is 23.0 Å². The zero-order valence-electron chi connectivity index (χ0n) is 9.46. The van der Waals surface area contributed by atoms with Crippen LogP contribution in [0.1, 0.15) is 23.9 Å². The van der Waals surface area contributed by atoms with Gasteiger partial charge in [0, 0.05) is 0 Å². The molecule has 2 N–H and O–H groups in total. The molecule has 1 atom stereocenters. The molecule has 1 fully saturated rings. The maximum atomic E-state index is 11.1. The van der Waals surface area contributed by atoms with Crippen LogP contribution in [0.3, 0.4) is 0 Å². The first kappa shape index (κ1) is 12.0. The molecule has 1 unspecified atom stereocenters. The van der Waals surface area contributed by atoms with Gasteiger partial charge >= 0.3 is 0 Å². The number of thioether (sulfide) groups is 1. The summed E-state index contributed by atoms with van der Waals surface area (Å²) in [6.07, 6.45) is 2.28. The SMILES string of the molecule is O=S(=O)(O)c1ccc2[nH]c(C3CCCS3)nc2c1. The van der Waals surface area contributed by atoms with E-state index < -0.39 is 10.1 Å². The Bertz CT molecular complexity index is 687. The normalized spacial score (nSPS) is 20.6. The summed E-state index contributed by atoms with van der Waals surface area (Å²) in [6.45, 7) is 0. The van der Waals surface area contributed by atoms with Gasteiger partial charge < -0.3 is 4.98 Å². The topological polar surface area (TPSA) is 83.0 Å². The standard InChI is InChI=1S/C11H12N2O3S2/c14-18(15,16)7-3-4-8-9(6-7)13-11(12-8)10-2-1-5-17-10/h3-4,6,10H,1-2,5H2,(H,12,13)(H,14,15,16). The van der Waals surface area contributed by atoms with Gasteiger partial charge in [-0.2, -0.15) is 20.2 Å². The van der Waals surface area contributed by atoms with Crippen LogP contribution in [0.4, 0.5) is 0 Å². The Labute approximate surface area is 109 Å². The molecule has 96 valence electrons. The second-order valence-electron chi connectivity index (χ2n) is 4.28. The summed E-state index contributed by atoms with van der Waals surface area (Å²) in [7, 11) is -4.16. The number of aromatic amines is 1. The Morgan fingerprint density at radius 3 is 2.94 bits per heavy atom. The maximum absolute atomic E-state index is 11.1. The molecule has 2 aromatic rings. The van der Waals surface area contributed by atoms with Crippen LogP contribution in [0.5, 0.6) is 0 Å². The van der Waals surface area contributed by atoms with Crippen molar-refractivity contribution in [3.63, 3.8) is 0 Å². The Kier molecular flexibility index (Phi) is 2.84. The van der Waals surface area contributed by atoms with E-state index in [-0.39, 0.29) is 4.90 Å². The highest BCUT2D eigenvalue weighted by atomic mass is 32.2. The second kappa shape index (κ2) is 4.25. The molecule has 1 aromatic carbocycles. The molecule has 5 nitrogen and oxygen atoms in total. The van der Waals surface area contributed by atoms with Crippen molar-refractivity contribution >= 4 is 32.9 Å². The summed E-state index contributed by atoms with van der Waals surface area (Å²) in [5.74, 6) is 2.03. The lowest BCUT2D eigenvalue weighted by Gasteiger charge is -2.01. The Morgan fingerprint density at radius 2 is 2.28 bits per heavy atom. The first-order valence-corrected chi connectivity index (χ1v) is 8.12. The van der Waals surface area contributed by atoms with Gasteiger partial charge in [-0.3, -0.25) is 4.55 Å². The van der Waals surface area contributed by atoms with Crippen molar-refractivity contribution in [3.8, 4) is 0 Å². The zero-order valence-corrected chi connectivity index (χ0v) is 11.1. The number of hydrogen-bond donors (Lipinski definition) is 2. The summed E-state index contributed by atoms with van der Waals surface area (Å²) in [4.78, 5) is 7.51. The lowest BCUT2D eigenvalue weighted by Crippen LogP contribution is -1.97. The van der Waals surface area contributed by atoms with Gasteiger partial charge in [0.1, 0.15) is 5.82 Å². The van der Waals surface area contributed by atoms with Crippen LogP contribution >= 0.6 is 11.8 Å². The predicted octanol–water partition coefficient (Wildman–Crippen LogP) is 2.38. The van der Waals surface area contributed by atoms with Crippen molar-refractivity contribution in [3.05, 3.63) is 24.0 Å². The third-order valence-corrected chi connectivity index (χ3v) is 5.24. The van der Waals surface area contributed by atoms with Crippen molar-refractivity contribution in [1.29, 1.82) is 0 Å². The average molecular weight is 284 g/mol. The van der Waals surface area contributed by atoms with Crippen molar-refractivity contribution in [2.24, 2.45) is 0 Å². The van der Waals surface area contributed by atoms with E-state index in [1.807, 2.05) is 11.8 Å². The van der Waals surface area contributed by atoms with Crippen LogP contribution in [0, 0.1) is 0 Å². The van der Waals surface area contributed by atoms with E-state index in [2.05, 4.69) is 9.97 Å². The Balaban J connectivity index is 2.06. The summed E-state index contributed by atoms with van der Waals surface area (Å²) in [6, 6.07) is 4.40. The molecule has 7 heteroatoms. The quantitative estimate of drug-likeness (QED) is 0.827. The van der Waals surface area contributed by atoms with Gasteiger partial charge in [-0.15, -0.1) is 0 Å². The molecule has 1 aliphatic heterocycles. The summed E-state index contributed by atoms with van der Waals surface area (Å²) in [5.41, 5.74) is 1.37. The largest absolute Gasteiger partial charge is 0.341 e. The monoisotopic (exact) mass is 284 g/mol. The highest BCUT2D eigenvalue weighted by Gasteiger charge is 2.21. The number of nitrogens with zero attached hydrogens (tertiary/aromatic N) is 1. The van der Waals surface area contributed by atoms with E-state index >= 15 is 0 Å². The van der Waals surface area contributed by atoms with Crippen LogP contribution in [-0.2, 0) is 10.1 Å². The number of hydrogen-bond acceptors (Lipinski definition) is 4. The molecule has 0 amide bonds. The molecule has 0 radical (unpaired) electrons. The van der Waals surface area contributed by atoms with Gasteiger partial charge in [-0.25, -0.2) is 4.98 Å². The number of imidazole rings is 1. The molecule has 1 aromatic heterocycles. The summed E-state index contributed by atoms with van der Waals surface area (Å²) >= 11 is 1.86. The molecule has 3 rings (SSSR count). The molecule has 1 aliphatic rings. The highest BCUT2D eigenvalue weighted by Crippen LogP contribution is 2.39. The number of fused-ring (bicyclic) bond motifs is 1. The average Bonchev–Trinajstić information content (AvgIpc) is 2.95. The fraction of sp³-hybridized carbons (Fsp3) is 0.364. The minimum atomic E-state index is -4.16. The van der Waals surface area contributed by atoms with E-state index in [0.29, 0.717) is 10.8 Å². The van der Waals surface area contributed by atoms with E-state index in [4.69, 9.17) is 4.55 Å². The van der Waals surface area contributed by atoms with Gasteiger partial charge in [-0.05, 0) is 36.8 Å². The van der Waals surface area contributed by atoms with Gasteiger partial charge in [0.25, 0.3) is 10.1 Å². The lowest BCUT2D eigenvalue weighted by molar-refractivity contribution is 0.483. The summed E-state index contributed by atoms with van der Waals surface area (Å²) < 4.78 is 31.1. The molecule has 0 bridgehead atoms.